The van der Waals surface area contributed by atoms with Crippen LogP contribution in [-0.2, 0) is 22.4 Å². The molecular weight excluding hydrogens is 517 g/mol. The van der Waals surface area contributed by atoms with E-state index in [-0.39, 0.29) is 0 Å². The zero-order valence-corrected chi connectivity index (χ0v) is 21.8. The average molecular weight is 540 g/mol. The molecule has 0 aliphatic heterocycles. The summed E-state index contributed by atoms with van der Waals surface area (Å²) in [5.41, 5.74) is 4.62. The molecule has 0 spiro atoms. The molecule has 1 amide bonds. The van der Waals surface area contributed by atoms with Crippen LogP contribution in [0.3, 0.4) is 0 Å². The fraction of sp³-hybridized carbons (Fsp3) is 0.259. The SMILES string of the molecule is CC(OC(=O)c1c2c(nc3ccccc13)CCCCC2)C(=O)Nc1nc(-c2ccc(Cl)c(Cl)c2)cs1. The van der Waals surface area contributed by atoms with Crippen LogP contribution in [0.1, 0.15) is 47.8 Å². The number of benzene rings is 2. The topological polar surface area (TPSA) is 81.2 Å². The van der Waals surface area contributed by atoms with Crippen LogP contribution in [0.4, 0.5) is 5.13 Å². The van der Waals surface area contributed by atoms with Crippen LogP contribution in [0.15, 0.2) is 47.8 Å². The predicted molar refractivity (Wildman–Crippen MR) is 144 cm³/mol. The minimum absolute atomic E-state index is 0.396. The van der Waals surface area contributed by atoms with Crippen molar-refractivity contribution >= 4 is 62.4 Å². The Balaban J connectivity index is 1.34. The largest absolute Gasteiger partial charge is 0.449 e. The Hall–Kier alpha value is -3.00. The van der Waals surface area contributed by atoms with Crippen LogP contribution in [0.25, 0.3) is 22.2 Å². The second-order valence-corrected chi connectivity index (χ2v) is 10.4. The number of thiazole rings is 1. The Morgan fingerprint density at radius 1 is 1.03 bits per heavy atom. The molecule has 1 N–H and O–H groups in total. The lowest BCUT2D eigenvalue weighted by Gasteiger charge is -2.17. The number of carbonyl (C=O) groups is 2. The van der Waals surface area contributed by atoms with Gasteiger partial charge in [0.25, 0.3) is 5.91 Å². The van der Waals surface area contributed by atoms with Gasteiger partial charge in [0, 0.05) is 22.0 Å². The number of anilines is 1. The molecule has 1 aliphatic rings. The van der Waals surface area contributed by atoms with E-state index < -0.39 is 18.0 Å². The molecule has 6 nitrogen and oxygen atoms in total. The molecule has 1 atom stereocenters. The van der Waals surface area contributed by atoms with Gasteiger partial charge in [0.2, 0.25) is 0 Å². The minimum atomic E-state index is -1.01. The van der Waals surface area contributed by atoms with Crippen LogP contribution in [0.5, 0.6) is 0 Å². The summed E-state index contributed by atoms with van der Waals surface area (Å²) in [6, 6.07) is 12.8. The van der Waals surface area contributed by atoms with Gasteiger partial charge < -0.3 is 4.74 Å². The zero-order chi connectivity index (χ0) is 25.2. The van der Waals surface area contributed by atoms with Gasteiger partial charge in [-0.2, -0.15) is 0 Å². The van der Waals surface area contributed by atoms with E-state index in [2.05, 4.69) is 10.3 Å². The van der Waals surface area contributed by atoms with Crippen molar-refractivity contribution in [1.82, 2.24) is 9.97 Å². The van der Waals surface area contributed by atoms with E-state index in [4.69, 9.17) is 32.9 Å². The van der Waals surface area contributed by atoms with Crippen molar-refractivity contribution in [3.63, 3.8) is 0 Å². The number of aromatic nitrogens is 2. The predicted octanol–water partition coefficient (Wildman–Crippen LogP) is 7.12. The number of hydrogen-bond donors (Lipinski definition) is 1. The molecule has 1 unspecified atom stereocenters. The number of hydrogen-bond acceptors (Lipinski definition) is 6. The highest BCUT2D eigenvalue weighted by Gasteiger charge is 2.26. The van der Waals surface area contributed by atoms with Crippen LogP contribution >= 0.6 is 34.5 Å². The lowest BCUT2D eigenvalue weighted by molar-refractivity contribution is -0.123. The van der Waals surface area contributed by atoms with Gasteiger partial charge in [-0.3, -0.25) is 15.1 Å². The number of halogens is 2. The first-order valence-corrected chi connectivity index (χ1v) is 13.4. The molecule has 0 bridgehead atoms. The second kappa shape index (κ2) is 10.5. The fourth-order valence-corrected chi connectivity index (χ4v) is 5.40. The summed E-state index contributed by atoms with van der Waals surface area (Å²) in [5, 5.41) is 6.58. The van der Waals surface area contributed by atoms with Crippen LogP contribution < -0.4 is 5.32 Å². The zero-order valence-electron chi connectivity index (χ0n) is 19.5. The average Bonchev–Trinajstić information content (AvgIpc) is 3.20. The lowest BCUT2D eigenvalue weighted by Crippen LogP contribution is -2.30. The number of nitrogens with one attached hydrogen (secondary N) is 1. The molecule has 9 heteroatoms. The Morgan fingerprint density at radius 2 is 1.83 bits per heavy atom. The first kappa shape index (κ1) is 24.7. The molecule has 0 saturated carbocycles. The number of carbonyl (C=O) groups excluding carboxylic acids is 2. The molecule has 2 aromatic carbocycles. The summed E-state index contributed by atoms with van der Waals surface area (Å²) in [5.74, 6) is -0.965. The quantitative estimate of drug-likeness (QED) is 0.215. The summed E-state index contributed by atoms with van der Waals surface area (Å²) < 4.78 is 5.67. The van der Waals surface area contributed by atoms with Crippen LogP contribution in [0, 0.1) is 0 Å². The molecule has 0 fully saturated rings. The molecule has 5 rings (SSSR count). The molecule has 0 radical (unpaired) electrons. The third kappa shape index (κ3) is 5.09. The van der Waals surface area contributed by atoms with Crippen molar-refractivity contribution in [1.29, 1.82) is 0 Å². The summed E-state index contributed by atoms with van der Waals surface area (Å²) >= 11 is 13.4. The normalized spacial score (nSPS) is 14.1. The number of ether oxygens (including phenoxy) is 1. The van der Waals surface area contributed by atoms with Gasteiger partial charge in [0.05, 0.1) is 26.8 Å². The van der Waals surface area contributed by atoms with E-state index in [1.165, 1.54) is 11.3 Å². The van der Waals surface area contributed by atoms with Gasteiger partial charge in [-0.1, -0.05) is 53.9 Å². The number of amides is 1. The molecular formula is C27H23Cl2N3O3S. The van der Waals surface area contributed by atoms with Crippen molar-refractivity contribution in [2.45, 2.75) is 45.1 Å². The van der Waals surface area contributed by atoms with Gasteiger partial charge in [0.15, 0.2) is 11.2 Å². The maximum Gasteiger partial charge on any atom is 0.339 e. The van der Waals surface area contributed by atoms with Crippen molar-refractivity contribution in [2.75, 3.05) is 5.32 Å². The Bertz CT molecular complexity index is 1470. The number of para-hydroxylation sites is 1. The van der Waals surface area contributed by atoms with Crippen LogP contribution in [0.2, 0.25) is 10.0 Å². The van der Waals surface area contributed by atoms with E-state index >= 15 is 0 Å². The van der Waals surface area contributed by atoms with E-state index in [1.54, 1.807) is 25.1 Å². The highest BCUT2D eigenvalue weighted by molar-refractivity contribution is 7.14. The third-order valence-corrected chi connectivity index (χ3v) is 7.72. The standard InChI is InChI=1S/C27H23Cl2N3O3S/c1-15(25(33)32-27-31-23(14-36-27)16-11-12-19(28)20(29)13-16)35-26(34)24-17-7-3-2-4-9-21(17)30-22-10-6-5-8-18(22)24/h5-6,8,10-15H,2-4,7,9H2,1H3,(H,31,32,33). The molecule has 36 heavy (non-hydrogen) atoms. The second-order valence-electron chi connectivity index (χ2n) is 8.69. The van der Waals surface area contributed by atoms with E-state index in [9.17, 15) is 9.59 Å². The number of nitrogens with zero attached hydrogens (tertiary/aromatic N) is 2. The molecule has 184 valence electrons. The minimum Gasteiger partial charge on any atom is -0.449 e. The van der Waals surface area contributed by atoms with Gasteiger partial charge in [-0.15, -0.1) is 11.3 Å². The van der Waals surface area contributed by atoms with E-state index in [0.29, 0.717) is 26.4 Å². The van der Waals surface area contributed by atoms with E-state index in [1.807, 2.05) is 29.6 Å². The molecule has 0 saturated heterocycles. The maximum absolute atomic E-state index is 13.4. The first-order chi connectivity index (χ1) is 17.4. The number of pyridine rings is 1. The Labute approximate surface area is 222 Å². The van der Waals surface area contributed by atoms with Crippen LogP contribution in [-0.4, -0.2) is 27.9 Å². The monoisotopic (exact) mass is 539 g/mol. The number of aryl methyl sites for hydroxylation is 1. The highest BCUT2D eigenvalue weighted by atomic mass is 35.5. The van der Waals surface area contributed by atoms with Gasteiger partial charge in [-0.05, 0) is 56.4 Å². The summed E-state index contributed by atoms with van der Waals surface area (Å²) in [6.45, 7) is 1.56. The van der Waals surface area contributed by atoms with Gasteiger partial charge >= 0.3 is 5.97 Å². The van der Waals surface area contributed by atoms with Crippen molar-refractivity contribution in [3.05, 3.63) is 74.7 Å². The first-order valence-electron chi connectivity index (χ1n) is 11.7. The maximum atomic E-state index is 13.4. The lowest BCUT2D eigenvalue weighted by atomic mass is 9.97. The highest BCUT2D eigenvalue weighted by Crippen LogP contribution is 2.31. The third-order valence-electron chi connectivity index (χ3n) is 6.23. The van der Waals surface area contributed by atoms with Gasteiger partial charge in [0.1, 0.15) is 0 Å². The summed E-state index contributed by atoms with van der Waals surface area (Å²) in [6.07, 6.45) is 3.73. The number of rotatable bonds is 5. The number of fused-ring (bicyclic) bond motifs is 2. The molecule has 1 aliphatic carbocycles. The molecule has 2 heterocycles. The summed E-state index contributed by atoms with van der Waals surface area (Å²) in [4.78, 5) is 35.5. The smallest absolute Gasteiger partial charge is 0.339 e. The van der Waals surface area contributed by atoms with Crippen molar-refractivity contribution < 1.29 is 14.3 Å². The van der Waals surface area contributed by atoms with Crippen molar-refractivity contribution in [3.8, 4) is 11.3 Å². The molecule has 4 aromatic rings. The van der Waals surface area contributed by atoms with Crippen molar-refractivity contribution in [2.24, 2.45) is 0 Å². The van der Waals surface area contributed by atoms with E-state index in [0.717, 1.165) is 59.8 Å². The number of esters is 1. The molecule has 2 aromatic heterocycles. The Kier molecular flexibility index (Phi) is 7.23. The van der Waals surface area contributed by atoms with Gasteiger partial charge in [-0.25, -0.2) is 9.78 Å². The Morgan fingerprint density at radius 3 is 2.67 bits per heavy atom. The fourth-order valence-electron chi connectivity index (χ4n) is 4.38. The summed E-state index contributed by atoms with van der Waals surface area (Å²) in [7, 11) is 0.